The number of hydrogen-bond donors (Lipinski definition) is 0. The molecule has 0 spiro atoms. The first-order chi connectivity index (χ1) is 13.1. The van der Waals surface area contributed by atoms with Crippen molar-refractivity contribution in [3.8, 4) is 0 Å². The molecule has 0 atom stereocenters. The third-order valence-electron chi connectivity index (χ3n) is 3.93. The molecule has 3 aromatic rings. The molecule has 8 heteroatoms. The van der Waals surface area contributed by atoms with Gasteiger partial charge < -0.3 is 0 Å². The van der Waals surface area contributed by atoms with Crippen molar-refractivity contribution in [1.29, 1.82) is 0 Å². The molecular weight excluding hydrogens is 396 g/mol. The Bertz CT molecular complexity index is 1120. The van der Waals surface area contributed by atoms with Gasteiger partial charge in [0.25, 0.3) is 0 Å². The number of para-hydroxylation sites is 1. The van der Waals surface area contributed by atoms with E-state index in [2.05, 4.69) is 10.1 Å². The summed E-state index contributed by atoms with van der Waals surface area (Å²) in [5.41, 5.74) is 0.733. The van der Waals surface area contributed by atoms with Crippen LogP contribution in [0.4, 0.5) is 0 Å². The molecule has 0 aliphatic rings. The molecule has 1 heterocycles. The fourth-order valence-electron chi connectivity index (χ4n) is 2.34. The van der Waals surface area contributed by atoms with Crippen molar-refractivity contribution in [1.82, 2.24) is 4.98 Å². The van der Waals surface area contributed by atoms with Gasteiger partial charge in [-0.15, -0.1) is 11.3 Å². The van der Waals surface area contributed by atoms with Crippen molar-refractivity contribution in [3.63, 3.8) is 0 Å². The maximum absolute atomic E-state index is 12.9. The number of hydrogen-bond acceptors (Lipinski definition) is 7. The van der Waals surface area contributed by atoms with Gasteiger partial charge in [0.1, 0.15) is 9.90 Å². The Kier molecular flexibility index (Phi) is 5.36. The third kappa shape index (κ3) is 4.28. The molecule has 146 valence electrons. The van der Waals surface area contributed by atoms with E-state index in [4.69, 9.17) is 4.28 Å². The van der Waals surface area contributed by atoms with E-state index in [1.165, 1.54) is 23.5 Å². The Morgan fingerprint density at radius 2 is 1.71 bits per heavy atom. The molecule has 0 unspecified atom stereocenters. The van der Waals surface area contributed by atoms with Crippen molar-refractivity contribution < 1.29 is 17.5 Å². The Morgan fingerprint density at radius 3 is 2.32 bits per heavy atom. The van der Waals surface area contributed by atoms with Gasteiger partial charge in [-0.3, -0.25) is 9.08 Å². The number of thiazole rings is 1. The number of aromatic nitrogens is 1. The zero-order chi connectivity index (χ0) is 20.5. The topological polar surface area (TPSA) is 85.7 Å². The molecule has 0 radical (unpaired) electrons. The van der Waals surface area contributed by atoms with Crippen LogP contribution in [-0.4, -0.2) is 24.9 Å². The second-order valence-corrected chi connectivity index (χ2v) is 9.91. The highest BCUT2D eigenvalue weighted by Crippen LogP contribution is 2.26. The first-order valence-electron chi connectivity index (χ1n) is 8.57. The van der Waals surface area contributed by atoms with Crippen molar-refractivity contribution in [3.05, 3.63) is 59.1 Å². The Balaban J connectivity index is 2.03. The van der Waals surface area contributed by atoms with Gasteiger partial charge in [0.05, 0.1) is 10.2 Å². The predicted octanol–water partition coefficient (Wildman–Crippen LogP) is 4.33. The van der Waals surface area contributed by atoms with Crippen LogP contribution in [0.3, 0.4) is 0 Å². The lowest BCUT2D eigenvalue weighted by molar-refractivity contribution is -0.119. The third-order valence-corrected chi connectivity index (χ3v) is 6.09. The van der Waals surface area contributed by atoms with Crippen molar-refractivity contribution in [2.24, 2.45) is 10.6 Å². The SMILES string of the molecule is Cc1ccc(S(=O)(=O)O/N=C(\C(=O)C(C)(C)C)c2nc3ccccc3s2)cc1. The maximum Gasteiger partial charge on any atom is 0.358 e. The number of fused-ring (bicyclic) bond motifs is 1. The summed E-state index contributed by atoms with van der Waals surface area (Å²) >= 11 is 1.26. The largest absolute Gasteiger partial charge is 0.358 e. The van der Waals surface area contributed by atoms with Crippen LogP contribution >= 0.6 is 11.3 Å². The number of ketones is 1. The van der Waals surface area contributed by atoms with Crippen LogP contribution in [0.1, 0.15) is 31.3 Å². The summed E-state index contributed by atoms with van der Waals surface area (Å²) in [4.78, 5) is 17.3. The summed E-state index contributed by atoms with van der Waals surface area (Å²) in [5.74, 6) is -0.356. The molecule has 3 rings (SSSR count). The van der Waals surface area contributed by atoms with Crippen LogP contribution in [0, 0.1) is 12.3 Å². The number of carbonyl (C=O) groups excluding carboxylic acids is 1. The molecular formula is C20H20N2O4S2. The molecule has 0 saturated heterocycles. The summed E-state index contributed by atoms with van der Waals surface area (Å²) in [6.07, 6.45) is 0. The van der Waals surface area contributed by atoms with Gasteiger partial charge in [0.15, 0.2) is 11.5 Å². The first-order valence-corrected chi connectivity index (χ1v) is 10.8. The molecule has 28 heavy (non-hydrogen) atoms. The average molecular weight is 417 g/mol. The smallest absolute Gasteiger partial charge is 0.292 e. The monoisotopic (exact) mass is 416 g/mol. The highest BCUT2D eigenvalue weighted by molar-refractivity contribution is 7.86. The number of carbonyl (C=O) groups is 1. The van der Waals surface area contributed by atoms with Gasteiger partial charge in [-0.2, -0.15) is 8.42 Å². The summed E-state index contributed by atoms with van der Waals surface area (Å²) in [6.45, 7) is 7.04. The standard InChI is InChI=1S/C20H20N2O4S2/c1-13-9-11-14(12-10-13)28(24,25)26-22-17(18(23)20(2,3)4)19-21-15-7-5-6-8-16(15)27-19/h5-12H,1-4H3/b22-17+. The summed E-state index contributed by atoms with van der Waals surface area (Å²) in [7, 11) is -4.15. The molecule has 2 aromatic carbocycles. The zero-order valence-electron chi connectivity index (χ0n) is 16.0. The second kappa shape index (κ2) is 7.44. The lowest BCUT2D eigenvalue weighted by Crippen LogP contribution is -2.29. The summed E-state index contributed by atoms with van der Waals surface area (Å²) < 4.78 is 30.7. The van der Waals surface area contributed by atoms with Gasteiger partial charge in [-0.1, -0.05) is 55.8 Å². The summed E-state index contributed by atoms with van der Waals surface area (Å²) in [6, 6.07) is 13.6. The van der Waals surface area contributed by atoms with Crippen LogP contribution < -0.4 is 0 Å². The number of aryl methyl sites for hydroxylation is 1. The molecule has 0 aliphatic carbocycles. The minimum Gasteiger partial charge on any atom is -0.292 e. The van der Waals surface area contributed by atoms with Crippen LogP contribution in [0.25, 0.3) is 10.2 Å². The van der Waals surface area contributed by atoms with Crippen molar-refractivity contribution in [2.75, 3.05) is 0 Å². The normalized spacial score (nSPS) is 12.9. The van der Waals surface area contributed by atoms with Gasteiger partial charge in [-0.05, 0) is 31.2 Å². The first kappa shape index (κ1) is 20.2. The van der Waals surface area contributed by atoms with E-state index >= 15 is 0 Å². The minimum absolute atomic E-state index is 0.0336. The molecule has 0 aliphatic heterocycles. The maximum atomic E-state index is 12.9. The second-order valence-electron chi connectivity index (χ2n) is 7.35. The predicted molar refractivity (Wildman–Crippen MR) is 110 cm³/mol. The lowest BCUT2D eigenvalue weighted by atomic mass is 9.88. The Hall–Kier alpha value is -2.58. The molecule has 0 saturated carbocycles. The van der Waals surface area contributed by atoms with Crippen LogP contribution in [0.15, 0.2) is 58.6 Å². The lowest BCUT2D eigenvalue weighted by Gasteiger charge is -2.16. The van der Waals surface area contributed by atoms with Gasteiger partial charge in [0.2, 0.25) is 0 Å². The molecule has 0 fully saturated rings. The van der Waals surface area contributed by atoms with E-state index in [9.17, 15) is 13.2 Å². The van der Waals surface area contributed by atoms with Crippen LogP contribution in [0.5, 0.6) is 0 Å². The van der Waals surface area contributed by atoms with Crippen molar-refractivity contribution in [2.45, 2.75) is 32.6 Å². The quantitative estimate of drug-likeness (QED) is 0.456. The highest BCUT2D eigenvalue weighted by atomic mass is 32.2. The number of nitrogens with zero attached hydrogens (tertiary/aromatic N) is 2. The fourth-order valence-corrected chi connectivity index (χ4v) is 4.01. The Morgan fingerprint density at radius 1 is 1.07 bits per heavy atom. The Labute approximate surface area is 168 Å². The molecule has 1 aromatic heterocycles. The van der Waals surface area contributed by atoms with E-state index in [-0.39, 0.29) is 16.4 Å². The van der Waals surface area contributed by atoms with Crippen LogP contribution in [0.2, 0.25) is 0 Å². The van der Waals surface area contributed by atoms with E-state index in [0.717, 1.165) is 10.3 Å². The number of benzene rings is 2. The molecule has 0 bridgehead atoms. The molecule has 0 amide bonds. The van der Waals surface area contributed by atoms with Crippen LogP contribution in [-0.2, 0) is 19.2 Å². The number of oxime groups is 1. The molecule has 6 nitrogen and oxygen atoms in total. The van der Waals surface area contributed by atoms with Crippen molar-refractivity contribution >= 4 is 43.2 Å². The van der Waals surface area contributed by atoms with E-state index in [1.807, 2.05) is 31.2 Å². The van der Waals surface area contributed by atoms with E-state index < -0.39 is 15.5 Å². The summed E-state index contributed by atoms with van der Waals surface area (Å²) in [5, 5.41) is 4.07. The van der Waals surface area contributed by atoms with E-state index in [0.29, 0.717) is 10.5 Å². The number of Topliss-reactive ketones (excluding diaryl/α,β-unsaturated/α-hetero) is 1. The minimum atomic E-state index is -4.15. The molecule has 0 N–H and O–H groups in total. The fraction of sp³-hybridized carbons (Fsp3) is 0.250. The van der Waals surface area contributed by atoms with Gasteiger partial charge in [-0.25, -0.2) is 4.98 Å². The van der Waals surface area contributed by atoms with E-state index in [1.54, 1.807) is 32.9 Å². The average Bonchev–Trinajstić information content (AvgIpc) is 3.05. The highest BCUT2D eigenvalue weighted by Gasteiger charge is 2.31. The number of rotatable bonds is 5. The van der Waals surface area contributed by atoms with Gasteiger partial charge >= 0.3 is 10.1 Å². The zero-order valence-corrected chi connectivity index (χ0v) is 17.6. The van der Waals surface area contributed by atoms with Gasteiger partial charge in [0, 0.05) is 5.41 Å².